The van der Waals surface area contributed by atoms with Crippen molar-refractivity contribution in [1.29, 1.82) is 0 Å². The molecule has 0 aliphatic heterocycles. The number of hydrogen-bond acceptors (Lipinski definition) is 2. The Balaban J connectivity index is 2.70. The number of carbonyl (C=O) groups is 1. The van der Waals surface area contributed by atoms with Gasteiger partial charge in [0.2, 0.25) is 0 Å². The summed E-state index contributed by atoms with van der Waals surface area (Å²) in [5.74, 6) is -0.228. The van der Waals surface area contributed by atoms with E-state index in [4.69, 9.17) is 0 Å². The third-order valence-corrected chi connectivity index (χ3v) is 3.19. The maximum absolute atomic E-state index is 11.8. The zero-order chi connectivity index (χ0) is 9.84. The molecule has 1 N–H and O–H groups in total. The molecule has 1 rings (SSSR count). The standard InChI is InChI=1S/C8H9BrFNOS/c1-5-4-6(7(9)13-5)8(12)11-3-2-10/h4H,2-3H2,1H3,(H,11,12). The average molecular weight is 266 g/mol. The van der Waals surface area contributed by atoms with Gasteiger partial charge in [-0.05, 0) is 28.9 Å². The Bertz CT molecular complexity index is 313. The van der Waals surface area contributed by atoms with E-state index < -0.39 is 6.67 Å². The number of thiophene rings is 1. The van der Waals surface area contributed by atoms with Gasteiger partial charge in [0.25, 0.3) is 5.91 Å². The van der Waals surface area contributed by atoms with Gasteiger partial charge < -0.3 is 5.32 Å². The zero-order valence-electron chi connectivity index (χ0n) is 7.06. The van der Waals surface area contributed by atoms with Crippen LogP contribution in [-0.2, 0) is 0 Å². The zero-order valence-corrected chi connectivity index (χ0v) is 9.47. The van der Waals surface area contributed by atoms with Gasteiger partial charge in [-0.1, -0.05) is 0 Å². The summed E-state index contributed by atoms with van der Waals surface area (Å²) in [5, 5.41) is 2.47. The lowest BCUT2D eigenvalue weighted by Crippen LogP contribution is -2.25. The van der Waals surface area contributed by atoms with Crippen molar-refractivity contribution in [2.24, 2.45) is 0 Å². The summed E-state index contributed by atoms with van der Waals surface area (Å²) in [4.78, 5) is 12.4. The molecule has 0 saturated carbocycles. The van der Waals surface area contributed by atoms with Gasteiger partial charge in [-0.15, -0.1) is 11.3 Å². The first-order valence-electron chi connectivity index (χ1n) is 3.75. The van der Waals surface area contributed by atoms with E-state index in [0.717, 1.165) is 8.66 Å². The summed E-state index contributed by atoms with van der Waals surface area (Å²) in [6.07, 6.45) is 0. The first-order chi connectivity index (χ1) is 6.15. The number of nitrogens with one attached hydrogen (secondary N) is 1. The van der Waals surface area contributed by atoms with Crippen LogP contribution in [0, 0.1) is 6.92 Å². The van der Waals surface area contributed by atoms with Crippen LogP contribution >= 0.6 is 27.3 Å². The summed E-state index contributed by atoms with van der Waals surface area (Å²) in [5.41, 5.74) is 0.580. The van der Waals surface area contributed by atoms with Crippen molar-refractivity contribution in [3.05, 3.63) is 20.3 Å². The number of halogens is 2. The summed E-state index contributed by atoms with van der Waals surface area (Å²) < 4.78 is 12.5. The number of hydrogen-bond donors (Lipinski definition) is 1. The molecule has 0 bridgehead atoms. The van der Waals surface area contributed by atoms with Crippen molar-refractivity contribution < 1.29 is 9.18 Å². The molecule has 0 saturated heterocycles. The Hall–Kier alpha value is -0.420. The van der Waals surface area contributed by atoms with E-state index in [1.54, 1.807) is 6.07 Å². The Kier molecular flexibility index (Phi) is 3.87. The lowest BCUT2D eigenvalue weighted by atomic mass is 10.3. The van der Waals surface area contributed by atoms with Crippen LogP contribution in [0.5, 0.6) is 0 Å². The highest BCUT2D eigenvalue weighted by atomic mass is 79.9. The third kappa shape index (κ3) is 2.77. The molecule has 13 heavy (non-hydrogen) atoms. The van der Waals surface area contributed by atoms with Gasteiger partial charge >= 0.3 is 0 Å². The third-order valence-electron chi connectivity index (χ3n) is 1.43. The molecule has 2 nitrogen and oxygen atoms in total. The Morgan fingerprint density at radius 3 is 2.92 bits per heavy atom. The first kappa shape index (κ1) is 10.7. The summed E-state index contributed by atoms with van der Waals surface area (Å²) in [7, 11) is 0. The fourth-order valence-electron chi connectivity index (χ4n) is 0.897. The van der Waals surface area contributed by atoms with E-state index in [1.807, 2.05) is 6.92 Å². The number of aryl methyl sites for hydroxylation is 1. The van der Waals surface area contributed by atoms with Crippen LogP contribution in [0.4, 0.5) is 4.39 Å². The highest BCUT2D eigenvalue weighted by molar-refractivity contribution is 9.11. The van der Waals surface area contributed by atoms with Crippen LogP contribution < -0.4 is 5.32 Å². The van der Waals surface area contributed by atoms with E-state index in [9.17, 15) is 9.18 Å². The fourth-order valence-corrected chi connectivity index (χ4v) is 2.68. The average Bonchev–Trinajstić information content (AvgIpc) is 2.41. The topological polar surface area (TPSA) is 29.1 Å². The molecule has 1 aromatic rings. The number of alkyl halides is 1. The van der Waals surface area contributed by atoms with Crippen LogP contribution in [0.15, 0.2) is 9.85 Å². The van der Waals surface area contributed by atoms with E-state index >= 15 is 0 Å². The summed E-state index contributed by atoms with van der Waals surface area (Å²) >= 11 is 4.77. The van der Waals surface area contributed by atoms with Gasteiger partial charge in [0.05, 0.1) is 9.35 Å². The van der Waals surface area contributed by atoms with Gasteiger partial charge in [0.1, 0.15) is 6.67 Å². The van der Waals surface area contributed by atoms with Crippen LogP contribution in [0.1, 0.15) is 15.2 Å². The normalized spacial score (nSPS) is 10.1. The summed E-state index contributed by atoms with van der Waals surface area (Å²) in [6.45, 7) is 1.45. The minimum atomic E-state index is -0.535. The minimum absolute atomic E-state index is 0.0696. The molecule has 0 unspecified atom stereocenters. The van der Waals surface area contributed by atoms with Gasteiger partial charge in [-0.3, -0.25) is 4.79 Å². The molecule has 72 valence electrons. The molecule has 0 atom stereocenters. The van der Waals surface area contributed by atoms with Crippen LogP contribution in [-0.4, -0.2) is 19.1 Å². The maximum Gasteiger partial charge on any atom is 0.253 e. The maximum atomic E-state index is 11.8. The number of rotatable bonds is 3. The van der Waals surface area contributed by atoms with Crippen molar-refractivity contribution >= 4 is 33.2 Å². The van der Waals surface area contributed by atoms with Gasteiger partial charge in [0, 0.05) is 11.4 Å². The van der Waals surface area contributed by atoms with E-state index in [2.05, 4.69) is 21.2 Å². The highest BCUT2D eigenvalue weighted by Gasteiger charge is 2.11. The molecule has 1 amide bonds. The first-order valence-corrected chi connectivity index (χ1v) is 5.36. The van der Waals surface area contributed by atoms with Crippen molar-refractivity contribution in [2.45, 2.75) is 6.92 Å². The van der Waals surface area contributed by atoms with Gasteiger partial charge in [0.15, 0.2) is 0 Å². The molecular weight excluding hydrogens is 257 g/mol. The number of amides is 1. The van der Waals surface area contributed by atoms with E-state index in [1.165, 1.54) is 11.3 Å². The van der Waals surface area contributed by atoms with E-state index in [-0.39, 0.29) is 12.5 Å². The van der Waals surface area contributed by atoms with Crippen molar-refractivity contribution in [3.63, 3.8) is 0 Å². The van der Waals surface area contributed by atoms with Crippen molar-refractivity contribution in [1.82, 2.24) is 5.32 Å². The second kappa shape index (κ2) is 4.72. The monoisotopic (exact) mass is 265 g/mol. The Labute approximate surface area is 88.3 Å². The predicted octanol–water partition coefficient (Wildman–Crippen LogP) is 2.52. The number of carbonyl (C=O) groups excluding carboxylic acids is 1. The van der Waals surface area contributed by atoms with Gasteiger partial charge in [-0.25, -0.2) is 4.39 Å². The molecule has 0 aliphatic carbocycles. The second-order valence-electron chi connectivity index (χ2n) is 2.49. The highest BCUT2D eigenvalue weighted by Crippen LogP contribution is 2.27. The molecule has 1 heterocycles. The van der Waals surface area contributed by atoms with E-state index in [0.29, 0.717) is 5.56 Å². The van der Waals surface area contributed by atoms with Crippen LogP contribution in [0.2, 0.25) is 0 Å². The molecule has 0 fully saturated rings. The summed E-state index contributed by atoms with van der Waals surface area (Å²) in [6, 6.07) is 1.78. The Morgan fingerprint density at radius 2 is 2.46 bits per heavy atom. The van der Waals surface area contributed by atoms with Gasteiger partial charge in [-0.2, -0.15) is 0 Å². The molecule has 0 aromatic carbocycles. The second-order valence-corrected chi connectivity index (χ2v) is 5.06. The Morgan fingerprint density at radius 1 is 1.77 bits per heavy atom. The lowest BCUT2D eigenvalue weighted by Gasteiger charge is -1.99. The van der Waals surface area contributed by atoms with Crippen LogP contribution in [0.25, 0.3) is 0 Å². The fraction of sp³-hybridized carbons (Fsp3) is 0.375. The molecule has 5 heteroatoms. The largest absolute Gasteiger partial charge is 0.349 e. The molecule has 0 radical (unpaired) electrons. The quantitative estimate of drug-likeness (QED) is 0.894. The molecular formula is C8H9BrFNOS. The minimum Gasteiger partial charge on any atom is -0.349 e. The SMILES string of the molecule is Cc1cc(C(=O)NCCF)c(Br)s1. The molecule has 0 spiro atoms. The molecule has 0 aliphatic rings. The van der Waals surface area contributed by atoms with Crippen LogP contribution in [0.3, 0.4) is 0 Å². The molecule has 1 aromatic heterocycles. The van der Waals surface area contributed by atoms with Crippen molar-refractivity contribution in [2.75, 3.05) is 13.2 Å². The lowest BCUT2D eigenvalue weighted by molar-refractivity contribution is 0.0950. The van der Waals surface area contributed by atoms with Crippen molar-refractivity contribution in [3.8, 4) is 0 Å². The predicted molar refractivity (Wildman–Crippen MR) is 55.1 cm³/mol. The smallest absolute Gasteiger partial charge is 0.253 e.